The number of nitriles is 1. The first-order valence-electron chi connectivity index (χ1n) is 14.6. The van der Waals surface area contributed by atoms with Crippen LogP contribution in [0.15, 0.2) is 18.2 Å². The first-order valence-corrected chi connectivity index (χ1v) is 14.6. The Morgan fingerprint density at radius 2 is 1.35 bits per heavy atom. The van der Waals surface area contributed by atoms with E-state index in [2.05, 4.69) is 52.0 Å². The lowest BCUT2D eigenvalue weighted by molar-refractivity contribution is -0.268. The predicted molar refractivity (Wildman–Crippen MR) is 148 cm³/mol. The van der Waals surface area contributed by atoms with E-state index in [0.29, 0.717) is 39.5 Å². The van der Waals surface area contributed by atoms with E-state index < -0.39 is 0 Å². The first kappa shape index (κ1) is 31.7. The van der Waals surface area contributed by atoms with Gasteiger partial charge in [-0.15, -0.1) is 0 Å². The summed E-state index contributed by atoms with van der Waals surface area (Å²) in [7, 11) is 0. The predicted octanol–water partition coefficient (Wildman–Crippen LogP) is 6.87. The average molecular weight is 518 g/mol. The maximum absolute atomic E-state index is 9.36. The van der Waals surface area contributed by atoms with E-state index in [1.54, 1.807) is 0 Å². The lowest BCUT2D eigenvalue weighted by Gasteiger charge is -2.46. The zero-order valence-electron chi connectivity index (χ0n) is 24.0. The second-order valence-corrected chi connectivity index (χ2v) is 10.1. The molecular formula is C31H51NO5. The molecule has 1 unspecified atom stereocenters. The minimum atomic E-state index is -0.327. The number of hydrogen-bond donors (Lipinski definition) is 0. The zero-order chi connectivity index (χ0) is 26.9. The van der Waals surface area contributed by atoms with Gasteiger partial charge in [0.05, 0.1) is 19.1 Å². The fourth-order valence-electron chi connectivity index (χ4n) is 4.57. The summed E-state index contributed by atoms with van der Waals surface area (Å²) >= 11 is 0. The van der Waals surface area contributed by atoms with Crippen molar-refractivity contribution < 1.29 is 23.7 Å². The fraction of sp³-hybridized carbons (Fsp3) is 0.774. The zero-order valence-corrected chi connectivity index (χ0v) is 24.0. The van der Waals surface area contributed by atoms with Crippen molar-refractivity contribution in [3.05, 3.63) is 34.9 Å². The summed E-state index contributed by atoms with van der Waals surface area (Å²) in [4.78, 5) is 0. The van der Waals surface area contributed by atoms with E-state index in [9.17, 15) is 5.26 Å². The van der Waals surface area contributed by atoms with Gasteiger partial charge in [0, 0.05) is 26.4 Å². The van der Waals surface area contributed by atoms with E-state index in [1.165, 1.54) is 0 Å². The standard InChI is InChI=1S/C31H51NO5/c1-6-10-18-33-23-27-29(34-19-11-7-2)31(36-21-13-9-4)30(35-20-12-8-3)28(37-27)26-15-14-24(5)25(22-26)16-17-32/h14-15,22,27-31H,6-13,16,18-21,23H2,1-5H3/t27-,28?,29-,30+,31+/m1/s1. The van der Waals surface area contributed by atoms with Gasteiger partial charge in [0.1, 0.15) is 30.5 Å². The first-order chi connectivity index (χ1) is 18.1. The molecule has 6 heteroatoms. The van der Waals surface area contributed by atoms with Crippen LogP contribution in [0.3, 0.4) is 0 Å². The smallest absolute Gasteiger partial charge is 0.117 e. The molecule has 0 aromatic heterocycles. The van der Waals surface area contributed by atoms with Crippen LogP contribution in [0.2, 0.25) is 0 Å². The number of ether oxygens (including phenoxy) is 5. The molecule has 1 heterocycles. The van der Waals surface area contributed by atoms with Crippen LogP contribution in [-0.4, -0.2) is 57.5 Å². The van der Waals surface area contributed by atoms with Crippen molar-refractivity contribution in [2.75, 3.05) is 33.0 Å². The second-order valence-electron chi connectivity index (χ2n) is 10.1. The minimum absolute atomic E-state index is 0.264. The van der Waals surface area contributed by atoms with E-state index in [0.717, 1.165) is 68.1 Å². The van der Waals surface area contributed by atoms with Crippen molar-refractivity contribution in [3.63, 3.8) is 0 Å². The highest BCUT2D eigenvalue weighted by atomic mass is 16.6. The maximum Gasteiger partial charge on any atom is 0.117 e. The maximum atomic E-state index is 9.36. The molecule has 6 nitrogen and oxygen atoms in total. The molecule has 1 aliphatic heterocycles. The van der Waals surface area contributed by atoms with Crippen LogP contribution >= 0.6 is 0 Å². The summed E-state index contributed by atoms with van der Waals surface area (Å²) < 4.78 is 32.5. The molecule has 1 fully saturated rings. The molecule has 0 radical (unpaired) electrons. The Balaban J connectivity index is 2.44. The van der Waals surface area contributed by atoms with Gasteiger partial charge in [-0.3, -0.25) is 0 Å². The van der Waals surface area contributed by atoms with Crippen LogP contribution in [0.5, 0.6) is 0 Å². The van der Waals surface area contributed by atoms with Crippen LogP contribution in [0.25, 0.3) is 0 Å². The summed E-state index contributed by atoms with van der Waals surface area (Å²) in [5.74, 6) is 0. The van der Waals surface area contributed by atoms with Gasteiger partial charge in [-0.25, -0.2) is 0 Å². The van der Waals surface area contributed by atoms with Gasteiger partial charge >= 0.3 is 0 Å². The Bertz CT molecular complexity index is 779. The molecule has 1 saturated heterocycles. The molecule has 5 atom stereocenters. The quantitative estimate of drug-likeness (QED) is 0.186. The highest BCUT2D eigenvalue weighted by Crippen LogP contribution is 2.38. The third kappa shape index (κ3) is 10.3. The van der Waals surface area contributed by atoms with Crippen LogP contribution in [0.1, 0.15) is 102 Å². The van der Waals surface area contributed by atoms with E-state index in [1.807, 2.05) is 6.92 Å². The van der Waals surface area contributed by atoms with Crippen LogP contribution in [0.4, 0.5) is 0 Å². The Hall–Kier alpha value is -1.49. The highest BCUT2D eigenvalue weighted by Gasteiger charge is 2.48. The van der Waals surface area contributed by atoms with Crippen molar-refractivity contribution in [1.29, 1.82) is 5.26 Å². The molecular weight excluding hydrogens is 466 g/mol. The molecule has 210 valence electrons. The van der Waals surface area contributed by atoms with Crippen molar-refractivity contribution in [2.24, 2.45) is 0 Å². The molecule has 0 aliphatic carbocycles. The number of unbranched alkanes of at least 4 members (excludes halogenated alkanes) is 4. The largest absolute Gasteiger partial charge is 0.379 e. The van der Waals surface area contributed by atoms with Gasteiger partial charge in [0.15, 0.2) is 0 Å². The third-order valence-electron chi connectivity index (χ3n) is 6.95. The Morgan fingerprint density at radius 1 is 0.784 bits per heavy atom. The van der Waals surface area contributed by atoms with E-state index in [-0.39, 0.29) is 30.5 Å². The second kappa shape index (κ2) is 18.7. The topological polar surface area (TPSA) is 69.9 Å². The fourth-order valence-corrected chi connectivity index (χ4v) is 4.57. The lowest BCUT2D eigenvalue weighted by atomic mass is 9.89. The number of nitrogens with zero attached hydrogens (tertiary/aromatic N) is 1. The van der Waals surface area contributed by atoms with Crippen molar-refractivity contribution in [2.45, 2.75) is 123 Å². The molecule has 0 amide bonds. The van der Waals surface area contributed by atoms with E-state index >= 15 is 0 Å². The number of aryl methyl sites for hydroxylation is 1. The summed E-state index contributed by atoms with van der Waals surface area (Å²) in [5, 5.41) is 9.36. The molecule has 0 spiro atoms. The van der Waals surface area contributed by atoms with Crippen molar-refractivity contribution in [3.8, 4) is 6.07 Å². The summed E-state index contributed by atoms with van der Waals surface area (Å²) in [5.41, 5.74) is 3.16. The van der Waals surface area contributed by atoms with Crippen LogP contribution < -0.4 is 0 Å². The molecule has 0 saturated carbocycles. The molecule has 1 aromatic carbocycles. The number of hydrogen-bond acceptors (Lipinski definition) is 6. The Morgan fingerprint density at radius 3 is 1.95 bits per heavy atom. The Labute approximate surface area is 226 Å². The Kier molecular flexibility index (Phi) is 16.0. The van der Waals surface area contributed by atoms with Crippen molar-refractivity contribution >= 4 is 0 Å². The molecule has 0 bridgehead atoms. The van der Waals surface area contributed by atoms with Gasteiger partial charge in [-0.1, -0.05) is 71.6 Å². The highest BCUT2D eigenvalue weighted by molar-refractivity contribution is 5.35. The van der Waals surface area contributed by atoms with Gasteiger partial charge in [0.25, 0.3) is 0 Å². The average Bonchev–Trinajstić information content (AvgIpc) is 2.90. The summed E-state index contributed by atoms with van der Waals surface area (Å²) in [6, 6.07) is 8.59. The molecule has 2 rings (SSSR count). The summed E-state index contributed by atoms with van der Waals surface area (Å²) in [6.07, 6.45) is 7.19. The van der Waals surface area contributed by atoms with Crippen molar-refractivity contribution in [1.82, 2.24) is 0 Å². The van der Waals surface area contributed by atoms with Crippen LogP contribution in [0, 0.1) is 18.3 Å². The van der Waals surface area contributed by atoms with Gasteiger partial charge in [-0.05, 0) is 49.3 Å². The van der Waals surface area contributed by atoms with Gasteiger partial charge in [-0.2, -0.15) is 5.26 Å². The monoisotopic (exact) mass is 517 g/mol. The molecule has 1 aliphatic rings. The third-order valence-corrected chi connectivity index (χ3v) is 6.95. The minimum Gasteiger partial charge on any atom is -0.379 e. The van der Waals surface area contributed by atoms with E-state index in [4.69, 9.17) is 23.7 Å². The van der Waals surface area contributed by atoms with Gasteiger partial charge < -0.3 is 23.7 Å². The molecule has 37 heavy (non-hydrogen) atoms. The summed E-state index contributed by atoms with van der Waals surface area (Å²) in [6.45, 7) is 13.9. The molecule has 1 aromatic rings. The normalized spacial score (nSPS) is 23.7. The van der Waals surface area contributed by atoms with Gasteiger partial charge in [0.2, 0.25) is 0 Å². The number of benzene rings is 1. The lowest BCUT2D eigenvalue weighted by Crippen LogP contribution is -2.58. The molecule has 0 N–H and O–H groups in total. The SMILES string of the molecule is CCCCOC[C@H]1OC(c2ccc(C)c(CC#N)c2)[C@H](OCCCC)[C@@H](OCCCC)[C@@H]1OCCCC. The number of rotatable bonds is 19. The van der Waals surface area contributed by atoms with Crippen LogP contribution in [-0.2, 0) is 30.1 Å².